The van der Waals surface area contributed by atoms with Gasteiger partial charge >= 0.3 is 5.97 Å². The highest BCUT2D eigenvalue weighted by Crippen LogP contribution is 2.37. The number of aromatic nitrogens is 1. The summed E-state index contributed by atoms with van der Waals surface area (Å²) in [6, 6.07) is 6.27. The standard InChI is InChI=1S/C19H17N3O7/c20-9-8-10-12(19(21)13(23)2-1-3-14(19)24)5-4-11(17(10)27)18(28)29-22-15(25)6-7-16(22)26/h4-7,25-27H,1-3,8,21H2. The largest absolute Gasteiger partial charge is 0.507 e. The van der Waals surface area contributed by atoms with Crippen LogP contribution in [0.1, 0.15) is 40.7 Å². The molecule has 0 amide bonds. The molecule has 0 saturated heterocycles. The molecule has 0 atom stereocenters. The zero-order valence-electron chi connectivity index (χ0n) is 15.1. The third kappa shape index (κ3) is 3.17. The first-order valence-electron chi connectivity index (χ1n) is 8.61. The van der Waals surface area contributed by atoms with E-state index in [4.69, 9.17) is 15.8 Å². The van der Waals surface area contributed by atoms with Crippen molar-refractivity contribution in [2.75, 3.05) is 0 Å². The minimum absolute atomic E-state index is 0.0468. The zero-order chi connectivity index (χ0) is 21.3. The first kappa shape index (κ1) is 19.9. The van der Waals surface area contributed by atoms with Crippen molar-refractivity contribution in [3.63, 3.8) is 0 Å². The first-order valence-corrected chi connectivity index (χ1v) is 8.61. The van der Waals surface area contributed by atoms with Crippen LogP contribution in [0.4, 0.5) is 0 Å². The number of carbonyl (C=O) groups is 3. The van der Waals surface area contributed by atoms with Crippen molar-refractivity contribution >= 4 is 17.5 Å². The smallest absolute Gasteiger partial charge is 0.367 e. The number of ketones is 2. The molecule has 0 radical (unpaired) electrons. The topological polar surface area (TPSA) is 176 Å². The van der Waals surface area contributed by atoms with Crippen molar-refractivity contribution in [3.8, 4) is 23.6 Å². The van der Waals surface area contributed by atoms with E-state index in [1.807, 2.05) is 0 Å². The highest BCUT2D eigenvalue weighted by Gasteiger charge is 2.46. The molecule has 150 valence electrons. The van der Waals surface area contributed by atoms with Crippen molar-refractivity contribution in [3.05, 3.63) is 41.0 Å². The first-order chi connectivity index (χ1) is 13.7. The van der Waals surface area contributed by atoms with Crippen molar-refractivity contribution in [1.82, 2.24) is 4.73 Å². The van der Waals surface area contributed by atoms with Gasteiger partial charge in [-0.15, -0.1) is 4.73 Å². The molecular formula is C19H17N3O7. The lowest BCUT2D eigenvalue weighted by molar-refractivity contribution is -0.138. The molecule has 2 aromatic rings. The Morgan fingerprint density at radius 1 is 1.14 bits per heavy atom. The maximum Gasteiger partial charge on any atom is 0.367 e. The summed E-state index contributed by atoms with van der Waals surface area (Å²) in [4.78, 5) is 42.1. The molecule has 1 aromatic heterocycles. The van der Waals surface area contributed by atoms with E-state index in [1.165, 1.54) is 6.07 Å². The molecular weight excluding hydrogens is 382 g/mol. The maximum atomic E-state index is 12.4. The molecule has 0 spiro atoms. The van der Waals surface area contributed by atoms with Crippen LogP contribution in [0.15, 0.2) is 24.3 Å². The molecule has 0 bridgehead atoms. The predicted octanol–water partition coefficient (Wildman–Crippen LogP) is 0.416. The predicted molar refractivity (Wildman–Crippen MR) is 95.8 cm³/mol. The third-order valence-corrected chi connectivity index (χ3v) is 4.84. The zero-order valence-corrected chi connectivity index (χ0v) is 15.1. The number of nitriles is 1. The van der Waals surface area contributed by atoms with Crippen LogP contribution in [0.3, 0.4) is 0 Å². The minimum atomic E-state index is -2.01. The van der Waals surface area contributed by atoms with Gasteiger partial charge in [-0.3, -0.25) is 9.59 Å². The van der Waals surface area contributed by atoms with Crippen LogP contribution in [0.2, 0.25) is 0 Å². The molecule has 3 rings (SSSR count). The molecule has 1 saturated carbocycles. The van der Waals surface area contributed by atoms with Gasteiger partial charge in [-0.2, -0.15) is 5.26 Å². The second kappa shape index (κ2) is 7.29. The van der Waals surface area contributed by atoms with Crippen LogP contribution >= 0.6 is 0 Å². The van der Waals surface area contributed by atoms with Crippen LogP contribution in [-0.4, -0.2) is 37.6 Å². The fourth-order valence-corrected chi connectivity index (χ4v) is 3.32. The number of nitrogens with zero attached hydrogens (tertiary/aromatic N) is 2. The Kier molecular flexibility index (Phi) is 5.01. The van der Waals surface area contributed by atoms with Gasteiger partial charge in [-0.25, -0.2) is 4.79 Å². The average Bonchev–Trinajstić information content (AvgIpc) is 2.99. The van der Waals surface area contributed by atoms with Crippen molar-refractivity contribution < 1.29 is 34.5 Å². The number of benzene rings is 1. The van der Waals surface area contributed by atoms with Gasteiger partial charge in [0.2, 0.25) is 11.8 Å². The van der Waals surface area contributed by atoms with Crippen molar-refractivity contribution in [2.24, 2.45) is 5.73 Å². The van der Waals surface area contributed by atoms with E-state index >= 15 is 0 Å². The lowest BCUT2D eigenvalue weighted by Gasteiger charge is -2.32. The minimum Gasteiger partial charge on any atom is -0.507 e. The molecule has 5 N–H and O–H groups in total. The Morgan fingerprint density at radius 2 is 1.72 bits per heavy atom. The quantitative estimate of drug-likeness (QED) is 0.531. The molecule has 0 unspecified atom stereocenters. The van der Waals surface area contributed by atoms with E-state index in [9.17, 15) is 29.7 Å². The monoisotopic (exact) mass is 399 g/mol. The number of Topliss-reactive ketones (excluding diaryl/α,β-unsaturated/α-hetero) is 2. The van der Waals surface area contributed by atoms with E-state index in [2.05, 4.69) is 0 Å². The van der Waals surface area contributed by atoms with E-state index in [1.54, 1.807) is 6.07 Å². The summed E-state index contributed by atoms with van der Waals surface area (Å²) in [5.74, 6) is -4.06. The highest BCUT2D eigenvalue weighted by atomic mass is 16.7. The summed E-state index contributed by atoms with van der Waals surface area (Å²) in [7, 11) is 0. The number of aromatic hydroxyl groups is 3. The molecule has 1 aliphatic rings. The van der Waals surface area contributed by atoms with Gasteiger partial charge < -0.3 is 25.9 Å². The molecule has 1 heterocycles. The van der Waals surface area contributed by atoms with Gasteiger partial charge in [0.05, 0.1) is 12.5 Å². The number of phenols is 1. The molecule has 1 fully saturated rings. The second-order valence-corrected chi connectivity index (χ2v) is 6.55. The van der Waals surface area contributed by atoms with E-state index in [0.29, 0.717) is 11.2 Å². The average molecular weight is 399 g/mol. The second-order valence-electron chi connectivity index (χ2n) is 6.55. The fourth-order valence-electron chi connectivity index (χ4n) is 3.32. The van der Waals surface area contributed by atoms with E-state index in [-0.39, 0.29) is 24.0 Å². The van der Waals surface area contributed by atoms with Crippen LogP contribution in [0.25, 0.3) is 0 Å². The van der Waals surface area contributed by atoms with Gasteiger partial charge in [0.1, 0.15) is 11.3 Å². The molecule has 0 aliphatic heterocycles. The highest BCUT2D eigenvalue weighted by molar-refractivity contribution is 6.14. The van der Waals surface area contributed by atoms with Gasteiger partial charge in [0.25, 0.3) is 0 Å². The summed E-state index contributed by atoms with van der Waals surface area (Å²) in [6.07, 6.45) is 0.0855. The van der Waals surface area contributed by atoms with Crippen LogP contribution in [0.5, 0.6) is 17.5 Å². The van der Waals surface area contributed by atoms with Crippen molar-refractivity contribution in [2.45, 2.75) is 31.2 Å². The van der Waals surface area contributed by atoms with Crippen LogP contribution < -0.4 is 10.6 Å². The Labute approximate surface area is 164 Å². The van der Waals surface area contributed by atoms with Gasteiger partial charge in [0, 0.05) is 30.5 Å². The Bertz CT molecular complexity index is 1030. The van der Waals surface area contributed by atoms with Crippen LogP contribution in [0, 0.1) is 11.3 Å². The van der Waals surface area contributed by atoms with Gasteiger partial charge in [0.15, 0.2) is 17.1 Å². The fraction of sp³-hybridized carbons (Fsp3) is 0.263. The molecule has 1 aromatic carbocycles. The van der Waals surface area contributed by atoms with Crippen molar-refractivity contribution in [1.29, 1.82) is 5.26 Å². The molecule has 29 heavy (non-hydrogen) atoms. The number of nitrogens with two attached hydrogens (primary N) is 1. The Hall–Kier alpha value is -3.84. The molecule has 1 aliphatic carbocycles. The summed E-state index contributed by atoms with van der Waals surface area (Å²) >= 11 is 0. The number of hydrogen-bond acceptors (Lipinski definition) is 9. The lowest BCUT2D eigenvalue weighted by Crippen LogP contribution is -2.54. The summed E-state index contributed by atoms with van der Waals surface area (Å²) < 4.78 is 0.429. The van der Waals surface area contributed by atoms with Gasteiger partial charge in [-0.1, -0.05) is 6.07 Å². The summed E-state index contributed by atoms with van der Waals surface area (Å²) in [5, 5.41) is 38.9. The summed E-state index contributed by atoms with van der Waals surface area (Å²) in [6.45, 7) is 0. The summed E-state index contributed by atoms with van der Waals surface area (Å²) in [5.41, 5.74) is 3.52. The van der Waals surface area contributed by atoms with Crippen LogP contribution in [-0.2, 0) is 21.5 Å². The maximum absolute atomic E-state index is 12.4. The lowest BCUT2D eigenvalue weighted by atomic mass is 9.73. The molecule has 10 heteroatoms. The normalized spacial score (nSPS) is 15.7. The number of hydrogen-bond donors (Lipinski definition) is 4. The number of carbonyl (C=O) groups excluding carboxylic acids is 3. The molecule has 10 nitrogen and oxygen atoms in total. The van der Waals surface area contributed by atoms with E-state index < -0.39 is 52.6 Å². The van der Waals surface area contributed by atoms with E-state index in [0.717, 1.165) is 18.2 Å². The number of rotatable bonds is 4. The Morgan fingerprint density at radius 3 is 2.28 bits per heavy atom. The third-order valence-electron chi connectivity index (χ3n) is 4.84. The number of phenolic OH excluding ortho intramolecular Hbond substituents is 1. The SMILES string of the molecule is N#CCc1c(C2(N)C(=O)CCCC2=O)ccc(C(=O)On2c(O)ccc2O)c1O. The Balaban J connectivity index is 2.08. The van der Waals surface area contributed by atoms with Gasteiger partial charge in [-0.05, 0) is 18.1 Å².